The summed E-state index contributed by atoms with van der Waals surface area (Å²) < 4.78 is 1.47. The van der Waals surface area contributed by atoms with Gasteiger partial charge in [0.2, 0.25) is 0 Å². The van der Waals surface area contributed by atoms with Crippen molar-refractivity contribution in [3.05, 3.63) is 30.2 Å². The monoisotopic (exact) mass is 214 g/mol. The molecule has 0 bridgehead atoms. The SMILES string of the molecule is CC(C)c1nccnc1-n1cnc(C#N)n1. The molecule has 0 spiro atoms. The summed E-state index contributed by atoms with van der Waals surface area (Å²) in [5.41, 5.74) is 0.830. The lowest BCUT2D eigenvalue weighted by Crippen LogP contribution is -2.06. The molecular weight excluding hydrogens is 204 g/mol. The van der Waals surface area contributed by atoms with Gasteiger partial charge in [-0.25, -0.2) is 9.97 Å². The lowest BCUT2D eigenvalue weighted by molar-refractivity contribution is 0.749. The Kier molecular flexibility index (Phi) is 2.60. The van der Waals surface area contributed by atoms with Crippen LogP contribution >= 0.6 is 0 Å². The first-order chi connectivity index (χ1) is 7.72. The predicted molar refractivity (Wildman–Crippen MR) is 55.8 cm³/mol. The molecule has 0 saturated heterocycles. The molecule has 16 heavy (non-hydrogen) atoms. The fourth-order valence-electron chi connectivity index (χ4n) is 1.34. The van der Waals surface area contributed by atoms with Gasteiger partial charge in [-0.1, -0.05) is 13.8 Å². The number of hydrogen-bond donors (Lipinski definition) is 0. The van der Waals surface area contributed by atoms with Gasteiger partial charge in [-0.15, -0.1) is 5.10 Å². The van der Waals surface area contributed by atoms with Crippen LogP contribution in [0.1, 0.15) is 31.3 Å². The highest BCUT2D eigenvalue weighted by atomic mass is 15.4. The first-order valence-electron chi connectivity index (χ1n) is 4.85. The highest BCUT2D eigenvalue weighted by molar-refractivity contribution is 5.29. The molecule has 0 atom stereocenters. The zero-order valence-corrected chi connectivity index (χ0v) is 8.99. The van der Waals surface area contributed by atoms with Crippen molar-refractivity contribution in [2.75, 3.05) is 0 Å². The fraction of sp³-hybridized carbons (Fsp3) is 0.300. The van der Waals surface area contributed by atoms with E-state index in [4.69, 9.17) is 5.26 Å². The molecule has 2 rings (SSSR count). The lowest BCUT2D eigenvalue weighted by Gasteiger charge is -2.08. The minimum atomic E-state index is 0.125. The Hall–Kier alpha value is -2.29. The van der Waals surface area contributed by atoms with Gasteiger partial charge in [0.05, 0.1) is 5.69 Å². The van der Waals surface area contributed by atoms with Crippen LogP contribution in [-0.2, 0) is 0 Å². The Labute approximate surface area is 92.6 Å². The standard InChI is InChI=1S/C10H10N6/c1-7(2)9-10(13-4-3-12-9)16-6-14-8(5-11)15-16/h3-4,6-7H,1-2H3. The van der Waals surface area contributed by atoms with Crippen molar-refractivity contribution in [3.8, 4) is 11.9 Å². The Morgan fingerprint density at radius 3 is 2.62 bits per heavy atom. The normalized spacial score (nSPS) is 10.4. The topological polar surface area (TPSA) is 80.3 Å². The summed E-state index contributed by atoms with van der Waals surface area (Å²) >= 11 is 0. The van der Waals surface area contributed by atoms with E-state index < -0.39 is 0 Å². The quantitative estimate of drug-likeness (QED) is 0.746. The van der Waals surface area contributed by atoms with Crippen LogP contribution in [0.4, 0.5) is 0 Å². The second kappa shape index (κ2) is 4.06. The molecule has 0 amide bonds. The molecule has 0 aromatic carbocycles. The Bertz CT molecular complexity index is 536. The molecule has 0 unspecified atom stereocenters. The molecular formula is C10H10N6. The first kappa shape index (κ1) is 10.2. The van der Waals surface area contributed by atoms with E-state index in [1.165, 1.54) is 11.0 Å². The summed E-state index contributed by atoms with van der Waals surface area (Å²) in [4.78, 5) is 12.3. The molecule has 2 aromatic rings. The fourth-order valence-corrected chi connectivity index (χ4v) is 1.34. The smallest absolute Gasteiger partial charge is 0.252 e. The van der Waals surface area contributed by atoms with E-state index in [2.05, 4.69) is 20.1 Å². The van der Waals surface area contributed by atoms with Crippen LogP contribution < -0.4 is 0 Å². The number of aromatic nitrogens is 5. The molecule has 0 saturated carbocycles. The molecule has 2 aromatic heterocycles. The number of nitriles is 1. The predicted octanol–water partition coefficient (Wildman–Crippen LogP) is 1.05. The maximum atomic E-state index is 8.65. The number of rotatable bonds is 2. The van der Waals surface area contributed by atoms with Crippen molar-refractivity contribution < 1.29 is 0 Å². The van der Waals surface area contributed by atoms with Crippen LogP contribution in [0.3, 0.4) is 0 Å². The van der Waals surface area contributed by atoms with Gasteiger partial charge in [0.15, 0.2) is 5.82 Å². The van der Waals surface area contributed by atoms with E-state index in [0.717, 1.165) is 5.69 Å². The Morgan fingerprint density at radius 2 is 2.00 bits per heavy atom. The molecule has 0 aliphatic heterocycles. The van der Waals surface area contributed by atoms with Crippen molar-refractivity contribution in [2.45, 2.75) is 19.8 Å². The van der Waals surface area contributed by atoms with Gasteiger partial charge in [-0.3, -0.25) is 4.98 Å². The van der Waals surface area contributed by atoms with Crippen LogP contribution in [0, 0.1) is 11.3 Å². The molecule has 0 aliphatic rings. The van der Waals surface area contributed by atoms with E-state index in [-0.39, 0.29) is 11.7 Å². The molecule has 0 fully saturated rings. The maximum Gasteiger partial charge on any atom is 0.252 e. The summed E-state index contributed by atoms with van der Waals surface area (Å²) in [7, 11) is 0. The van der Waals surface area contributed by atoms with E-state index in [0.29, 0.717) is 5.82 Å². The lowest BCUT2D eigenvalue weighted by atomic mass is 10.1. The van der Waals surface area contributed by atoms with E-state index >= 15 is 0 Å². The Balaban J connectivity index is 2.52. The van der Waals surface area contributed by atoms with Gasteiger partial charge in [-0.2, -0.15) is 9.94 Å². The van der Waals surface area contributed by atoms with E-state index in [9.17, 15) is 0 Å². The molecule has 2 heterocycles. The van der Waals surface area contributed by atoms with Crippen molar-refractivity contribution in [3.63, 3.8) is 0 Å². The van der Waals surface area contributed by atoms with Crippen LogP contribution in [0.25, 0.3) is 5.82 Å². The molecule has 0 N–H and O–H groups in total. The highest BCUT2D eigenvalue weighted by Crippen LogP contribution is 2.16. The van der Waals surface area contributed by atoms with Gasteiger partial charge >= 0.3 is 0 Å². The van der Waals surface area contributed by atoms with Crippen LogP contribution in [0.2, 0.25) is 0 Å². The summed E-state index contributed by atoms with van der Waals surface area (Å²) in [6.45, 7) is 4.05. The largest absolute Gasteiger partial charge is 0.255 e. The molecule has 0 radical (unpaired) electrons. The van der Waals surface area contributed by atoms with Gasteiger partial charge < -0.3 is 0 Å². The van der Waals surface area contributed by atoms with Crippen molar-refractivity contribution in [1.29, 1.82) is 5.26 Å². The van der Waals surface area contributed by atoms with Gasteiger partial charge in [-0.05, 0) is 5.92 Å². The summed E-state index contributed by atoms with van der Waals surface area (Å²) in [5, 5.41) is 12.6. The summed E-state index contributed by atoms with van der Waals surface area (Å²) in [6, 6.07) is 1.87. The van der Waals surface area contributed by atoms with Crippen LogP contribution in [-0.4, -0.2) is 24.7 Å². The van der Waals surface area contributed by atoms with E-state index in [1.54, 1.807) is 12.4 Å². The average molecular weight is 214 g/mol. The van der Waals surface area contributed by atoms with Gasteiger partial charge in [0, 0.05) is 12.4 Å². The number of hydrogen-bond acceptors (Lipinski definition) is 5. The van der Waals surface area contributed by atoms with Crippen molar-refractivity contribution in [2.24, 2.45) is 0 Å². The molecule has 6 nitrogen and oxygen atoms in total. The third-order valence-electron chi connectivity index (χ3n) is 2.06. The van der Waals surface area contributed by atoms with Crippen LogP contribution in [0.5, 0.6) is 0 Å². The zero-order chi connectivity index (χ0) is 11.5. The first-order valence-corrected chi connectivity index (χ1v) is 4.85. The molecule has 6 heteroatoms. The Morgan fingerprint density at radius 1 is 1.25 bits per heavy atom. The number of nitrogens with zero attached hydrogens (tertiary/aromatic N) is 6. The maximum absolute atomic E-state index is 8.65. The minimum absolute atomic E-state index is 0.125. The minimum Gasteiger partial charge on any atom is -0.255 e. The second-order valence-corrected chi connectivity index (χ2v) is 3.54. The second-order valence-electron chi connectivity index (χ2n) is 3.54. The summed E-state index contributed by atoms with van der Waals surface area (Å²) in [5.74, 6) is 0.977. The van der Waals surface area contributed by atoms with E-state index in [1.807, 2.05) is 19.9 Å². The van der Waals surface area contributed by atoms with Crippen molar-refractivity contribution >= 4 is 0 Å². The van der Waals surface area contributed by atoms with Gasteiger partial charge in [0.25, 0.3) is 5.82 Å². The third kappa shape index (κ3) is 1.75. The average Bonchev–Trinajstić information content (AvgIpc) is 2.77. The highest BCUT2D eigenvalue weighted by Gasteiger charge is 2.12. The zero-order valence-electron chi connectivity index (χ0n) is 8.99. The van der Waals surface area contributed by atoms with Crippen molar-refractivity contribution in [1.82, 2.24) is 24.7 Å². The molecule has 0 aliphatic carbocycles. The third-order valence-corrected chi connectivity index (χ3v) is 2.06. The van der Waals surface area contributed by atoms with Crippen LogP contribution in [0.15, 0.2) is 18.7 Å². The summed E-state index contributed by atoms with van der Waals surface area (Å²) in [6.07, 6.45) is 4.70. The van der Waals surface area contributed by atoms with Gasteiger partial charge in [0.1, 0.15) is 12.4 Å². The molecule has 80 valence electrons.